The number of aromatic nitrogens is 2. The number of halogens is 2. The molecule has 4 aromatic rings. The van der Waals surface area contributed by atoms with Crippen LogP contribution in [0.25, 0.3) is 21.8 Å². The number of fused-ring (bicyclic) bond motifs is 2. The van der Waals surface area contributed by atoms with Crippen LogP contribution in [0.4, 0.5) is 0 Å². The van der Waals surface area contributed by atoms with E-state index >= 15 is 0 Å². The largest absolute Gasteiger partial charge is 0.490 e. The number of hydrogen-bond donors (Lipinski definition) is 1. The van der Waals surface area contributed by atoms with Gasteiger partial charge in [-0.3, -0.25) is 9.59 Å². The summed E-state index contributed by atoms with van der Waals surface area (Å²) in [6.07, 6.45) is 0. The minimum absolute atomic E-state index is 0.0410. The van der Waals surface area contributed by atoms with Crippen molar-refractivity contribution in [2.24, 2.45) is 14.1 Å². The molecule has 0 spiro atoms. The van der Waals surface area contributed by atoms with Crippen molar-refractivity contribution in [1.29, 1.82) is 0 Å². The Morgan fingerprint density at radius 3 is 1.63 bits per heavy atom. The molecule has 12 heteroatoms. The van der Waals surface area contributed by atoms with E-state index in [4.69, 9.17) is 37.4 Å². The Bertz CT molecular complexity index is 1690. The molecule has 0 bridgehead atoms. The number of pyridine rings is 2. The average molecular weight is 563 g/mol. The number of aryl methyl sites for hydroxylation is 2. The van der Waals surface area contributed by atoms with Crippen LogP contribution in [0.1, 0.15) is 27.6 Å². The highest BCUT2D eigenvalue weighted by atomic mass is 35.5. The maximum Gasteiger partial charge on any atom is 0.342 e. The van der Waals surface area contributed by atoms with Gasteiger partial charge in [-0.25, -0.2) is 9.59 Å². The van der Waals surface area contributed by atoms with Crippen molar-refractivity contribution in [2.45, 2.75) is 6.92 Å². The fraction of sp³-hybridized carbons (Fsp3) is 0.231. The number of carbonyl (C=O) groups excluding carboxylic acids is 1. The first-order valence-corrected chi connectivity index (χ1v) is 11.9. The highest BCUT2D eigenvalue weighted by Gasteiger charge is 2.23. The van der Waals surface area contributed by atoms with Gasteiger partial charge in [-0.2, -0.15) is 0 Å². The van der Waals surface area contributed by atoms with Crippen LogP contribution in [0.15, 0.2) is 46.0 Å². The highest BCUT2D eigenvalue weighted by Crippen LogP contribution is 2.28. The lowest BCUT2D eigenvalue weighted by Crippen LogP contribution is -2.23. The Labute approximate surface area is 226 Å². The smallest absolute Gasteiger partial charge is 0.342 e. The van der Waals surface area contributed by atoms with Gasteiger partial charge in [0, 0.05) is 34.9 Å². The summed E-state index contributed by atoms with van der Waals surface area (Å²) >= 11 is 11.8. The lowest BCUT2D eigenvalue weighted by Gasteiger charge is -2.13. The summed E-state index contributed by atoms with van der Waals surface area (Å²) in [5, 5.41) is 11.0. The molecule has 0 unspecified atom stereocenters. The number of rotatable bonds is 5. The van der Waals surface area contributed by atoms with Gasteiger partial charge in [0.15, 0.2) is 11.5 Å². The number of aromatic carboxylic acids is 1. The van der Waals surface area contributed by atoms with Crippen LogP contribution < -0.4 is 20.6 Å². The molecule has 0 amide bonds. The number of hydrogen-bond acceptors (Lipinski definition) is 7. The molecule has 2 aromatic heterocycles. The first kappa shape index (κ1) is 28.5. The molecule has 0 saturated carbocycles. The summed E-state index contributed by atoms with van der Waals surface area (Å²) in [6.45, 7) is 1.90. The summed E-state index contributed by atoms with van der Waals surface area (Å²) in [4.78, 5) is 47.6. The number of benzene rings is 2. The van der Waals surface area contributed by atoms with E-state index in [1.807, 2.05) is 0 Å². The molecule has 0 aliphatic heterocycles. The molecule has 0 atom stereocenters. The maximum atomic E-state index is 12.2. The van der Waals surface area contributed by atoms with Gasteiger partial charge >= 0.3 is 11.9 Å². The van der Waals surface area contributed by atoms with Crippen LogP contribution in [0, 0.1) is 0 Å². The van der Waals surface area contributed by atoms with Crippen LogP contribution in [0.2, 0.25) is 10.0 Å². The van der Waals surface area contributed by atoms with Gasteiger partial charge < -0.3 is 28.5 Å². The number of carboxylic acid groups (broad SMARTS) is 1. The van der Waals surface area contributed by atoms with Gasteiger partial charge in [0.2, 0.25) is 0 Å². The topological polar surface area (TPSA) is 126 Å². The predicted molar refractivity (Wildman–Crippen MR) is 144 cm³/mol. The number of esters is 1. The Kier molecular flexibility index (Phi) is 8.70. The molecular weight excluding hydrogens is 539 g/mol. The van der Waals surface area contributed by atoms with Crippen LogP contribution in [0.5, 0.6) is 11.5 Å². The first-order valence-electron chi connectivity index (χ1n) is 11.1. The van der Waals surface area contributed by atoms with E-state index in [2.05, 4.69) is 0 Å². The predicted octanol–water partition coefficient (Wildman–Crippen LogP) is 4.28. The maximum absolute atomic E-state index is 12.2. The van der Waals surface area contributed by atoms with Crippen LogP contribution in [-0.4, -0.2) is 47.0 Å². The van der Waals surface area contributed by atoms with Crippen molar-refractivity contribution in [3.05, 3.63) is 78.3 Å². The monoisotopic (exact) mass is 562 g/mol. The Balaban J connectivity index is 0.000000212. The van der Waals surface area contributed by atoms with Crippen molar-refractivity contribution >= 4 is 56.9 Å². The second-order valence-corrected chi connectivity index (χ2v) is 8.77. The molecule has 200 valence electrons. The van der Waals surface area contributed by atoms with Crippen molar-refractivity contribution in [2.75, 3.05) is 20.8 Å². The average Bonchev–Trinajstić information content (AvgIpc) is 2.87. The summed E-state index contributed by atoms with van der Waals surface area (Å²) in [5.74, 6) is -2.06. The third-order valence-electron chi connectivity index (χ3n) is 5.73. The normalized spacial score (nSPS) is 10.6. The first-order chi connectivity index (χ1) is 18.0. The standard InChI is InChI=1S/C14H14ClNO4.C12H10ClNO4/c1-4-20-14(18)11-9-7-8(15)5-6-10(9)16(2)13(17)12(11)19-3;1-14-8-4-3-6(13)5-7(8)9(12(16)17)10(18-2)11(14)15/h5-7H,4H2,1-3H3;3-5H,1-2H3,(H,16,17). The summed E-state index contributed by atoms with van der Waals surface area (Å²) < 4.78 is 17.7. The molecule has 4 rings (SSSR count). The van der Waals surface area contributed by atoms with Crippen LogP contribution >= 0.6 is 23.2 Å². The third kappa shape index (κ3) is 5.18. The number of ether oxygens (including phenoxy) is 3. The minimum Gasteiger partial charge on any atom is -0.490 e. The zero-order valence-corrected chi connectivity index (χ0v) is 22.6. The molecule has 0 aliphatic carbocycles. The summed E-state index contributed by atoms with van der Waals surface area (Å²) in [5.41, 5.74) is 0.119. The fourth-order valence-corrected chi connectivity index (χ4v) is 4.33. The van der Waals surface area contributed by atoms with Gasteiger partial charge in [-0.1, -0.05) is 23.2 Å². The number of carbonyl (C=O) groups is 2. The highest BCUT2D eigenvalue weighted by molar-refractivity contribution is 6.32. The van der Waals surface area contributed by atoms with E-state index in [0.29, 0.717) is 31.9 Å². The quantitative estimate of drug-likeness (QED) is 0.357. The van der Waals surface area contributed by atoms with Crippen molar-refractivity contribution < 1.29 is 28.9 Å². The fourth-order valence-electron chi connectivity index (χ4n) is 3.98. The zero-order chi connectivity index (χ0) is 28.3. The Morgan fingerprint density at radius 1 is 0.816 bits per heavy atom. The number of carboxylic acids is 1. The van der Waals surface area contributed by atoms with E-state index in [1.165, 1.54) is 29.4 Å². The second kappa shape index (κ2) is 11.6. The molecule has 2 aromatic carbocycles. The minimum atomic E-state index is -1.23. The SMILES string of the molecule is CCOC(=O)c1c(OC)c(=O)n(C)c2ccc(Cl)cc12.COc1c(C(=O)O)c2cc(Cl)ccc2n(C)c1=O. The second-order valence-electron chi connectivity index (χ2n) is 7.89. The third-order valence-corrected chi connectivity index (χ3v) is 6.20. The molecule has 0 radical (unpaired) electrons. The van der Waals surface area contributed by atoms with Gasteiger partial charge in [-0.15, -0.1) is 0 Å². The van der Waals surface area contributed by atoms with Crippen molar-refractivity contribution in [3.8, 4) is 11.5 Å². The summed E-state index contributed by atoms with van der Waals surface area (Å²) in [7, 11) is 5.76. The van der Waals surface area contributed by atoms with Gasteiger partial charge in [0.05, 0.1) is 31.9 Å². The van der Waals surface area contributed by atoms with Gasteiger partial charge in [-0.05, 0) is 43.3 Å². The molecule has 10 nitrogen and oxygen atoms in total. The van der Waals surface area contributed by atoms with E-state index in [1.54, 1.807) is 51.4 Å². The lowest BCUT2D eigenvalue weighted by atomic mass is 10.1. The Hall–Kier alpha value is -4.02. The molecule has 0 saturated heterocycles. The van der Waals surface area contributed by atoms with Crippen molar-refractivity contribution in [1.82, 2.24) is 9.13 Å². The van der Waals surface area contributed by atoms with E-state index in [9.17, 15) is 24.3 Å². The van der Waals surface area contributed by atoms with E-state index in [0.717, 1.165) is 0 Å². The number of nitrogens with zero attached hydrogens (tertiary/aromatic N) is 2. The molecule has 2 heterocycles. The summed E-state index contributed by atoms with van der Waals surface area (Å²) in [6, 6.07) is 9.66. The van der Waals surface area contributed by atoms with Crippen molar-refractivity contribution in [3.63, 3.8) is 0 Å². The molecule has 0 aliphatic rings. The molecule has 0 fully saturated rings. The molecule has 38 heavy (non-hydrogen) atoms. The zero-order valence-electron chi connectivity index (χ0n) is 21.1. The molecular formula is C26H24Cl2N2O8. The lowest BCUT2D eigenvalue weighted by molar-refractivity contribution is 0.0524. The van der Waals surface area contributed by atoms with Crippen LogP contribution in [0.3, 0.4) is 0 Å². The van der Waals surface area contributed by atoms with Gasteiger partial charge in [0.1, 0.15) is 11.1 Å². The van der Waals surface area contributed by atoms with E-state index in [-0.39, 0.29) is 29.2 Å². The number of methoxy groups -OCH3 is 2. The van der Waals surface area contributed by atoms with Gasteiger partial charge in [0.25, 0.3) is 11.1 Å². The molecule has 1 N–H and O–H groups in total. The van der Waals surface area contributed by atoms with Crippen LogP contribution in [-0.2, 0) is 18.8 Å². The van der Waals surface area contributed by atoms with E-state index < -0.39 is 23.1 Å². The Morgan fingerprint density at radius 2 is 1.24 bits per heavy atom.